The molecule has 0 unspecified atom stereocenters. The lowest BCUT2D eigenvalue weighted by Gasteiger charge is -2.10. The van der Waals surface area contributed by atoms with Gasteiger partial charge in [-0.1, -0.05) is 18.2 Å². The summed E-state index contributed by atoms with van der Waals surface area (Å²) in [5.41, 5.74) is 0.203. The van der Waals surface area contributed by atoms with Gasteiger partial charge in [0.1, 0.15) is 11.5 Å². The van der Waals surface area contributed by atoms with Crippen molar-refractivity contribution in [2.24, 2.45) is 4.99 Å². The molecule has 0 aliphatic heterocycles. The molecule has 0 spiro atoms. The van der Waals surface area contributed by atoms with Crippen LogP contribution < -0.4 is 4.74 Å². The number of alkyl halides is 3. The summed E-state index contributed by atoms with van der Waals surface area (Å²) >= 11 is 0. The number of nitrogens with zero attached hydrogens (tertiary/aromatic N) is 1. The molecule has 136 valence electrons. The summed E-state index contributed by atoms with van der Waals surface area (Å²) in [6, 6.07) is 12.3. The van der Waals surface area contributed by atoms with Gasteiger partial charge in [-0.3, -0.25) is 9.79 Å². The molecule has 1 N–H and O–H groups in total. The smallest absolute Gasteiger partial charge is 0.455 e. The average molecular weight is 363 g/mol. The number of Topliss-reactive ketones (excluding diaryl/α,β-unsaturated/α-hetero) is 1. The van der Waals surface area contributed by atoms with Gasteiger partial charge in [0.2, 0.25) is 0 Å². The Bertz CT molecular complexity index is 853. The van der Waals surface area contributed by atoms with Gasteiger partial charge in [0.15, 0.2) is 0 Å². The maximum atomic E-state index is 12.9. The number of ether oxygens (including phenoxy) is 1. The van der Waals surface area contributed by atoms with Gasteiger partial charge in [-0.05, 0) is 42.8 Å². The van der Waals surface area contributed by atoms with Crippen LogP contribution in [0.5, 0.6) is 5.75 Å². The second-order valence-electron chi connectivity index (χ2n) is 5.36. The largest absolute Gasteiger partial charge is 0.506 e. The number of para-hydroxylation sites is 1. The first-order chi connectivity index (χ1) is 12.2. The van der Waals surface area contributed by atoms with Crippen LogP contribution in [0.1, 0.15) is 11.1 Å². The molecule has 0 fully saturated rings. The Kier molecular flexibility index (Phi) is 5.82. The van der Waals surface area contributed by atoms with Gasteiger partial charge in [0.05, 0.1) is 18.4 Å². The van der Waals surface area contributed by atoms with Gasteiger partial charge in [-0.2, -0.15) is 13.2 Å². The summed E-state index contributed by atoms with van der Waals surface area (Å²) in [6.45, 7) is 1.73. The van der Waals surface area contributed by atoms with Crippen molar-refractivity contribution in [3.05, 3.63) is 65.2 Å². The van der Waals surface area contributed by atoms with Gasteiger partial charge in [0, 0.05) is 11.8 Å². The van der Waals surface area contributed by atoms with Crippen LogP contribution in [0.3, 0.4) is 0 Å². The van der Waals surface area contributed by atoms with Crippen molar-refractivity contribution >= 4 is 23.4 Å². The highest BCUT2D eigenvalue weighted by atomic mass is 19.4. The zero-order valence-electron chi connectivity index (χ0n) is 14.0. The van der Waals surface area contributed by atoms with E-state index >= 15 is 0 Å². The minimum absolute atomic E-state index is 0.0367. The lowest BCUT2D eigenvalue weighted by atomic mass is 10.0. The van der Waals surface area contributed by atoms with Gasteiger partial charge in [-0.25, -0.2) is 0 Å². The third-order valence-corrected chi connectivity index (χ3v) is 3.57. The molecule has 0 aliphatic carbocycles. The molecule has 0 radical (unpaired) electrons. The van der Waals surface area contributed by atoms with Crippen molar-refractivity contribution in [2.45, 2.75) is 13.1 Å². The van der Waals surface area contributed by atoms with Crippen LogP contribution in [-0.2, 0) is 4.79 Å². The molecule has 7 heteroatoms. The van der Waals surface area contributed by atoms with Crippen LogP contribution in [0.2, 0.25) is 0 Å². The van der Waals surface area contributed by atoms with Crippen LogP contribution in [0.15, 0.2) is 59.1 Å². The summed E-state index contributed by atoms with van der Waals surface area (Å²) in [4.78, 5) is 15.7. The number of hydrogen-bond donors (Lipinski definition) is 1. The number of methoxy groups -OCH3 is 1. The van der Waals surface area contributed by atoms with E-state index in [2.05, 4.69) is 4.99 Å². The summed E-state index contributed by atoms with van der Waals surface area (Å²) < 4.78 is 43.7. The molecule has 0 bridgehead atoms. The van der Waals surface area contributed by atoms with Gasteiger partial charge < -0.3 is 9.84 Å². The summed E-state index contributed by atoms with van der Waals surface area (Å²) in [5.74, 6) is -2.53. The minimum atomic E-state index is -5.15. The fraction of sp³-hybridized carbons (Fsp3) is 0.158. The maximum Gasteiger partial charge on any atom is 0.455 e. The lowest BCUT2D eigenvalue weighted by molar-refractivity contribution is -0.165. The Morgan fingerprint density at radius 3 is 2.27 bits per heavy atom. The van der Waals surface area contributed by atoms with Crippen LogP contribution in [0.4, 0.5) is 18.9 Å². The zero-order chi connectivity index (χ0) is 19.3. The van der Waals surface area contributed by atoms with Crippen LogP contribution in [-0.4, -0.2) is 30.4 Å². The number of carbonyl (C=O) groups is 1. The molecule has 0 saturated carbocycles. The third kappa shape index (κ3) is 4.50. The molecule has 0 atom stereocenters. The Morgan fingerprint density at radius 1 is 1.12 bits per heavy atom. The van der Waals surface area contributed by atoms with E-state index in [-0.39, 0.29) is 5.56 Å². The number of benzene rings is 2. The van der Waals surface area contributed by atoms with Crippen molar-refractivity contribution < 1.29 is 27.8 Å². The Hall–Kier alpha value is -3.09. The van der Waals surface area contributed by atoms with E-state index in [1.165, 1.54) is 31.4 Å². The standard InChI is InChI=1S/C19H16F3NO3/c1-12-5-3-4-6-16(12)23-11-15(18(25)19(20,21)22)17(24)13-7-9-14(26-2)10-8-13/h3-11,24H,1-2H3/b17-15+,23-11?. The number of halogens is 3. The van der Waals surface area contributed by atoms with Crippen LogP contribution in [0.25, 0.3) is 5.76 Å². The predicted molar refractivity (Wildman–Crippen MR) is 92.9 cm³/mol. The molecule has 0 aromatic heterocycles. The molecule has 4 nitrogen and oxygen atoms in total. The highest BCUT2D eigenvalue weighted by Gasteiger charge is 2.41. The summed E-state index contributed by atoms with van der Waals surface area (Å²) in [5, 5.41) is 10.3. The lowest BCUT2D eigenvalue weighted by Crippen LogP contribution is -2.26. The molecule has 0 heterocycles. The Labute approximate surface area is 148 Å². The van der Waals surface area contributed by atoms with Crippen molar-refractivity contribution in [3.8, 4) is 5.75 Å². The Balaban J connectivity index is 2.52. The molecular formula is C19H16F3NO3. The predicted octanol–water partition coefficient (Wildman–Crippen LogP) is 4.81. The quantitative estimate of drug-likeness (QED) is 0.471. The number of aliphatic hydroxyl groups excluding tert-OH is 1. The van der Waals surface area contributed by atoms with Crippen molar-refractivity contribution in [1.29, 1.82) is 0 Å². The Morgan fingerprint density at radius 2 is 1.73 bits per heavy atom. The number of hydrogen-bond acceptors (Lipinski definition) is 4. The van der Waals surface area contributed by atoms with Gasteiger partial charge in [0.25, 0.3) is 5.78 Å². The van der Waals surface area contributed by atoms with E-state index in [1.807, 2.05) is 0 Å². The highest BCUT2D eigenvalue weighted by molar-refractivity contribution is 6.20. The second-order valence-corrected chi connectivity index (χ2v) is 5.36. The molecule has 0 aliphatic rings. The van der Waals surface area contributed by atoms with E-state index in [1.54, 1.807) is 31.2 Å². The third-order valence-electron chi connectivity index (χ3n) is 3.57. The molecule has 26 heavy (non-hydrogen) atoms. The average Bonchev–Trinajstić information content (AvgIpc) is 2.62. The first-order valence-corrected chi connectivity index (χ1v) is 7.53. The van der Waals surface area contributed by atoms with Crippen molar-refractivity contribution in [1.82, 2.24) is 0 Å². The number of aliphatic imine (C=N–C) groups is 1. The summed E-state index contributed by atoms with van der Waals surface area (Å²) in [6.07, 6.45) is -4.41. The molecular weight excluding hydrogens is 347 g/mol. The molecule has 0 amide bonds. The molecule has 2 aromatic carbocycles. The number of aliphatic hydroxyl groups is 1. The number of ketones is 1. The highest BCUT2D eigenvalue weighted by Crippen LogP contribution is 2.27. The fourth-order valence-corrected chi connectivity index (χ4v) is 2.13. The summed E-state index contributed by atoms with van der Waals surface area (Å²) in [7, 11) is 1.43. The van der Waals surface area contributed by atoms with E-state index in [9.17, 15) is 23.1 Å². The zero-order valence-corrected chi connectivity index (χ0v) is 14.0. The minimum Gasteiger partial charge on any atom is -0.506 e. The molecule has 0 saturated heterocycles. The van der Waals surface area contributed by atoms with E-state index < -0.39 is 23.3 Å². The SMILES string of the molecule is COc1ccc(/C(O)=C(/C=Nc2ccccc2C)C(=O)C(F)(F)F)cc1. The van der Waals surface area contributed by atoms with Crippen molar-refractivity contribution in [3.63, 3.8) is 0 Å². The topological polar surface area (TPSA) is 58.9 Å². The molecule has 2 aromatic rings. The number of aryl methyl sites for hydroxylation is 1. The normalized spacial score (nSPS) is 12.8. The van der Waals surface area contributed by atoms with Gasteiger partial charge >= 0.3 is 6.18 Å². The van der Waals surface area contributed by atoms with E-state index in [0.717, 1.165) is 6.21 Å². The number of allylic oxidation sites excluding steroid dienone is 1. The van der Waals surface area contributed by atoms with E-state index in [4.69, 9.17) is 4.74 Å². The second kappa shape index (κ2) is 7.86. The van der Waals surface area contributed by atoms with Crippen LogP contribution >= 0.6 is 0 Å². The number of carbonyl (C=O) groups excluding carboxylic acids is 1. The number of rotatable bonds is 5. The van der Waals surface area contributed by atoms with Crippen LogP contribution in [0, 0.1) is 6.92 Å². The van der Waals surface area contributed by atoms with Crippen molar-refractivity contribution in [2.75, 3.05) is 7.11 Å². The fourth-order valence-electron chi connectivity index (χ4n) is 2.13. The van der Waals surface area contributed by atoms with Gasteiger partial charge in [-0.15, -0.1) is 0 Å². The first-order valence-electron chi connectivity index (χ1n) is 7.53. The first kappa shape index (κ1) is 19.2. The van der Waals surface area contributed by atoms with E-state index in [0.29, 0.717) is 17.0 Å². The maximum absolute atomic E-state index is 12.9. The molecule has 2 rings (SSSR count). The monoisotopic (exact) mass is 363 g/mol.